The van der Waals surface area contributed by atoms with Crippen LogP contribution in [0.1, 0.15) is 23.6 Å². The highest BCUT2D eigenvalue weighted by molar-refractivity contribution is 5.30. The summed E-state index contributed by atoms with van der Waals surface area (Å²) in [6.07, 6.45) is -2.30. The summed E-state index contributed by atoms with van der Waals surface area (Å²) in [7, 11) is 0. The molecule has 1 atom stereocenters. The van der Waals surface area contributed by atoms with E-state index in [4.69, 9.17) is 5.73 Å². The quantitative estimate of drug-likeness (QED) is 0.821. The third kappa shape index (κ3) is 2.99. The number of benzene rings is 1. The van der Waals surface area contributed by atoms with E-state index in [1.165, 1.54) is 6.92 Å². The first kappa shape index (κ1) is 12.1. The van der Waals surface area contributed by atoms with Crippen LogP contribution in [-0.2, 0) is 6.42 Å². The van der Waals surface area contributed by atoms with Crippen LogP contribution in [0.3, 0.4) is 0 Å². The number of nitrogens with two attached hydrogens (primary N) is 1. The van der Waals surface area contributed by atoms with Gasteiger partial charge in [-0.25, -0.2) is 8.78 Å². The van der Waals surface area contributed by atoms with Gasteiger partial charge in [0.05, 0.1) is 5.54 Å². The van der Waals surface area contributed by atoms with Gasteiger partial charge in [0, 0.05) is 0 Å². The van der Waals surface area contributed by atoms with Crippen LogP contribution >= 0.6 is 0 Å². The average Bonchev–Trinajstić information content (AvgIpc) is 2.10. The van der Waals surface area contributed by atoms with Crippen LogP contribution in [0.4, 0.5) is 8.78 Å². The van der Waals surface area contributed by atoms with Gasteiger partial charge in [-0.05, 0) is 43.9 Å². The van der Waals surface area contributed by atoms with Gasteiger partial charge in [-0.3, -0.25) is 0 Å². The predicted octanol–water partition coefficient (Wildman–Crippen LogP) is 2.83. The highest BCUT2D eigenvalue weighted by atomic mass is 19.3. The Morgan fingerprint density at radius 2 is 1.87 bits per heavy atom. The van der Waals surface area contributed by atoms with E-state index < -0.39 is 12.0 Å². The summed E-state index contributed by atoms with van der Waals surface area (Å²) in [5, 5.41) is 0. The lowest BCUT2D eigenvalue weighted by Gasteiger charge is -2.23. The zero-order valence-electron chi connectivity index (χ0n) is 9.35. The molecule has 0 saturated carbocycles. The van der Waals surface area contributed by atoms with Gasteiger partial charge >= 0.3 is 0 Å². The minimum absolute atomic E-state index is 0.200. The van der Waals surface area contributed by atoms with Crippen molar-refractivity contribution in [3.63, 3.8) is 0 Å². The number of rotatable bonds is 3. The van der Waals surface area contributed by atoms with Crippen LogP contribution in [0, 0.1) is 13.8 Å². The third-order valence-corrected chi connectivity index (χ3v) is 2.65. The van der Waals surface area contributed by atoms with Crippen LogP contribution in [0.15, 0.2) is 18.2 Å². The van der Waals surface area contributed by atoms with Crippen molar-refractivity contribution in [2.45, 2.75) is 39.2 Å². The first-order chi connectivity index (χ1) is 6.83. The van der Waals surface area contributed by atoms with Gasteiger partial charge in [0.1, 0.15) is 0 Å². The Kier molecular flexibility index (Phi) is 3.45. The molecule has 0 heterocycles. The Hall–Kier alpha value is -0.960. The van der Waals surface area contributed by atoms with Gasteiger partial charge in [0.15, 0.2) is 0 Å². The first-order valence-electron chi connectivity index (χ1n) is 4.96. The van der Waals surface area contributed by atoms with Crippen molar-refractivity contribution in [3.8, 4) is 0 Å². The molecule has 0 aliphatic rings. The Labute approximate surface area is 89.3 Å². The number of hydrogen-bond acceptors (Lipinski definition) is 1. The maximum atomic E-state index is 12.6. The maximum absolute atomic E-state index is 12.6. The molecule has 0 amide bonds. The van der Waals surface area contributed by atoms with Crippen molar-refractivity contribution in [1.29, 1.82) is 0 Å². The number of hydrogen-bond donors (Lipinski definition) is 1. The van der Waals surface area contributed by atoms with Crippen LogP contribution in [0.2, 0.25) is 0 Å². The molecule has 0 aromatic heterocycles. The summed E-state index contributed by atoms with van der Waals surface area (Å²) in [5.74, 6) is 0. The smallest absolute Gasteiger partial charge is 0.256 e. The van der Waals surface area contributed by atoms with Crippen molar-refractivity contribution in [3.05, 3.63) is 34.9 Å². The number of aryl methyl sites for hydroxylation is 2. The van der Waals surface area contributed by atoms with E-state index >= 15 is 0 Å². The Balaban J connectivity index is 2.86. The highest BCUT2D eigenvalue weighted by Gasteiger charge is 2.30. The second-order valence-electron chi connectivity index (χ2n) is 4.40. The van der Waals surface area contributed by atoms with Crippen LogP contribution in [0.5, 0.6) is 0 Å². The Morgan fingerprint density at radius 3 is 2.33 bits per heavy atom. The lowest BCUT2D eigenvalue weighted by Crippen LogP contribution is -2.45. The van der Waals surface area contributed by atoms with Gasteiger partial charge in [-0.1, -0.05) is 18.2 Å². The van der Waals surface area contributed by atoms with Crippen LogP contribution in [0.25, 0.3) is 0 Å². The van der Waals surface area contributed by atoms with Gasteiger partial charge < -0.3 is 5.73 Å². The van der Waals surface area contributed by atoms with E-state index in [0.717, 1.165) is 16.7 Å². The fraction of sp³-hybridized carbons (Fsp3) is 0.500. The first-order valence-corrected chi connectivity index (χ1v) is 4.96. The molecule has 2 N–H and O–H groups in total. The SMILES string of the molecule is Cc1ccc(CC(C)(N)C(F)F)cc1C. The van der Waals surface area contributed by atoms with E-state index in [1.807, 2.05) is 32.0 Å². The van der Waals surface area contributed by atoms with Crippen molar-refractivity contribution in [2.75, 3.05) is 0 Å². The second kappa shape index (κ2) is 4.27. The molecule has 0 aliphatic carbocycles. The van der Waals surface area contributed by atoms with E-state index in [0.29, 0.717) is 0 Å². The molecule has 3 heteroatoms. The fourth-order valence-electron chi connectivity index (χ4n) is 1.43. The molecule has 0 bridgehead atoms. The molecule has 1 unspecified atom stereocenters. The van der Waals surface area contributed by atoms with Gasteiger partial charge in [0.2, 0.25) is 0 Å². The third-order valence-electron chi connectivity index (χ3n) is 2.65. The molecule has 0 saturated heterocycles. The molecule has 1 nitrogen and oxygen atoms in total. The standard InChI is InChI=1S/C12H17F2N/c1-8-4-5-10(6-9(8)2)7-12(3,15)11(13)14/h4-6,11H,7,15H2,1-3H3. The van der Waals surface area contributed by atoms with Crippen LogP contribution < -0.4 is 5.73 Å². The lowest BCUT2D eigenvalue weighted by atomic mass is 9.93. The summed E-state index contributed by atoms with van der Waals surface area (Å²) < 4.78 is 25.1. The van der Waals surface area contributed by atoms with E-state index in [9.17, 15) is 8.78 Å². The minimum atomic E-state index is -2.50. The summed E-state index contributed by atoms with van der Waals surface area (Å²) in [4.78, 5) is 0. The van der Waals surface area contributed by atoms with E-state index in [2.05, 4.69) is 0 Å². The lowest BCUT2D eigenvalue weighted by molar-refractivity contribution is 0.0639. The largest absolute Gasteiger partial charge is 0.320 e. The predicted molar refractivity (Wildman–Crippen MR) is 58.2 cm³/mol. The van der Waals surface area contributed by atoms with Crippen molar-refractivity contribution in [1.82, 2.24) is 0 Å². The summed E-state index contributed by atoms with van der Waals surface area (Å²) in [5.41, 5.74) is 7.22. The molecule has 1 rings (SSSR count). The maximum Gasteiger partial charge on any atom is 0.256 e. The van der Waals surface area contributed by atoms with E-state index in [-0.39, 0.29) is 6.42 Å². The fourth-order valence-corrected chi connectivity index (χ4v) is 1.43. The topological polar surface area (TPSA) is 26.0 Å². The second-order valence-corrected chi connectivity index (χ2v) is 4.40. The molecule has 15 heavy (non-hydrogen) atoms. The van der Waals surface area contributed by atoms with Gasteiger partial charge in [-0.15, -0.1) is 0 Å². The molecule has 0 radical (unpaired) electrons. The molecule has 1 aromatic carbocycles. The Bertz CT molecular complexity index is 345. The molecule has 0 aliphatic heterocycles. The van der Waals surface area contributed by atoms with E-state index in [1.54, 1.807) is 0 Å². The monoisotopic (exact) mass is 213 g/mol. The normalized spacial score (nSPS) is 15.4. The summed E-state index contributed by atoms with van der Waals surface area (Å²) in [6, 6.07) is 5.71. The highest BCUT2D eigenvalue weighted by Crippen LogP contribution is 2.19. The molecule has 84 valence electrons. The summed E-state index contributed by atoms with van der Waals surface area (Å²) >= 11 is 0. The van der Waals surface area contributed by atoms with Crippen molar-refractivity contribution in [2.24, 2.45) is 5.73 Å². The minimum Gasteiger partial charge on any atom is -0.320 e. The zero-order chi connectivity index (χ0) is 11.6. The number of halogens is 2. The zero-order valence-corrected chi connectivity index (χ0v) is 9.35. The number of alkyl halides is 2. The van der Waals surface area contributed by atoms with Crippen molar-refractivity contribution < 1.29 is 8.78 Å². The molecular weight excluding hydrogens is 196 g/mol. The summed E-state index contributed by atoms with van der Waals surface area (Å²) in [6.45, 7) is 5.34. The Morgan fingerprint density at radius 1 is 1.27 bits per heavy atom. The average molecular weight is 213 g/mol. The van der Waals surface area contributed by atoms with Crippen LogP contribution in [-0.4, -0.2) is 12.0 Å². The van der Waals surface area contributed by atoms with Gasteiger partial charge in [-0.2, -0.15) is 0 Å². The molecule has 0 spiro atoms. The molecular formula is C12H17F2N. The van der Waals surface area contributed by atoms with Crippen molar-refractivity contribution >= 4 is 0 Å². The molecule has 1 aromatic rings. The van der Waals surface area contributed by atoms with Gasteiger partial charge in [0.25, 0.3) is 6.43 Å². The molecule has 0 fully saturated rings.